The number of nitrogens with one attached hydrogen (secondary N) is 1. The fraction of sp³-hybridized carbons (Fsp3) is 0.143. The molecule has 17 heavy (non-hydrogen) atoms. The van der Waals surface area contributed by atoms with Gasteiger partial charge in [-0.05, 0) is 30.2 Å². The van der Waals surface area contributed by atoms with Crippen LogP contribution in [0.2, 0.25) is 5.02 Å². The van der Waals surface area contributed by atoms with E-state index in [9.17, 15) is 0 Å². The van der Waals surface area contributed by atoms with Crippen LogP contribution in [0.3, 0.4) is 0 Å². The van der Waals surface area contributed by atoms with Gasteiger partial charge in [0, 0.05) is 12.2 Å². The Morgan fingerprint density at radius 2 is 1.88 bits per heavy atom. The molecule has 0 unspecified atom stereocenters. The molecule has 0 aliphatic carbocycles. The molecule has 0 amide bonds. The SMILES string of the molecule is Cc1cccc(Cl)c1Nc1ccccc1CN. The Labute approximate surface area is 106 Å². The Morgan fingerprint density at radius 1 is 1.12 bits per heavy atom. The number of halogens is 1. The quantitative estimate of drug-likeness (QED) is 0.863. The van der Waals surface area contributed by atoms with E-state index in [2.05, 4.69) is 5.32 Å². The molecular weight excluding hydrogens is 232 g/mol. The van der Waals surface area contributed by atoms with E-state index in [0.29, 0.717) is 6.54 Å². The van der Waals surface area contributed by atoms with Gasteiger partial charge in [-0.25, -0.2) is 0 Å². The van der Waals surface area contributed by atoms with Crippen molar-refractivity contribution in [3.05, 3.63) is 58.6 Å². The van der Waals surface area contributed by atoms with E-state index in [0.717, 1.165) is 27.5 Å². The lowest BCUT2D eigenvalue weighted by Crippen LogP contribution is -2.02. The Hall–Kier alpha value is -1.51. The molecule has 0 saturated heterocycles. The van der Waals surface area contributed by atoms with Gasteiger partial charge in [-0.1, -0.05) is 41.9 Å². The molecule has 0 aliphatic heterocycles. The topological polar surface area (TPSA) is 38.0 Å². The molecule has 2 nitrogen and oxygen atoms in total. The van der Waals surface area contributed by atoms with Gasteiger partial charge in [0.1, 0.15) is 0 Å². The van der Waals surface area contributed by atoms with Gasteiger partial charge in [0.15, 0.2) is 0 Å². The second kappa shape index (κ2) is 5.21. The van der Waals surface area contributed by atoms with Crippen molar-refractivity contribution in [3.8, 4) is 0 Å². The minimum atomic E-state index is 0.507. The highest BCUT2D eigenvalue weighted by molar-refractivity contribution is 6.33. The summed E-state index contributed by atoms with van der Waals surface area (Å²) in [6.07, 6.45) is 0. The van der Waals surface area contributed by atoms with Crippen molar-refractivity contribution >= 4 is 23.0 Å². The highest BCUT2D eigenvalue weighted by atomic mass is 35.5. The van der Waals surface area contributed by atoms with Crippen LogP contribution in [0.4, 0.5) is 11.4 Å². The number of nitrogens with two attached hydrogens (primary N) is 1. The third-order valence-electron chi connectivity index (χ3n) is 2.72. The van der Waals surface area contributed by atoms with E-state index in [4.69, 9.17) is 17.3 Å². The first kappa shape index (κ1) is 12.0. The van der Waals surface area contributed by atoms with Crippen molar-refractivity contribution in [2.45, 2.75) is 13.5 Å². The lowest BCUT2D eigenvalue weighted by molar-refractivity contribution is 1.07. The monoisotopic (exact) mass is 246 g/mol. The Bertz CT molecular complexity index is 503. The van der Waals surface area contributed by atoms with Gasteiger partial charge in [-0.15, -0.1) is 0 Å². The summed E-state index contributed by atoms with van der Waals surface area (Å²) in [7, 11) is 0. The largest absolute Gasteiger partial charge is 0.354 e. The zero-order valence-electron chi connectivity index (χ0n) is 9.70. The van der Waals surface area contributed by atoms with E-state index in [1.807, 2.05) is 49.4 Å². The Kier molecular flexibility index (Phi) is 3.67. The van der Waals surface area contributed by atoms with Gasteiger partial charge in [0.2, 0.25) is 0 Å². The van der Waals surface area contributed by atoms with E-state index in [1.54, 1.807) is 0 Å². The van der Waals surface area contributed by atoms with E-state index < -0.39 is 0 Å². The predicted octanol–water partition coefficient (Wildman–Crippen LogP) is 3.85. The summed E-state index contributed by atoms with van der Waals surface area (Å²) in [6.45, 7) is 2.53. The van der Waals surface area contributed by atoms with Crippen LogP contribution in [-0.2, 0) is 6.54 Å². The van der Waals surface area contributed by atoms with E-state index in [-0.39, 0.29) is 0 Å². The zero-order valence-corrected chi connectivity index (χ0v) is 10.5. The second-order valence-electron chi connectivity index (χ2n) is 3.92. The summed E-state index contributed by atoms with van der Waals surface area (Å²) in [5.74, 6) is 0. The highest BCUT2D eigenvalue weighted by Crippen LogP contribution is 2.29. The standard InChI is InChI=1S/C14H15ClN2/c1-10-5-4-7-12(15)14(10)17-13-8-3-2-6-11(13)9-16/h2-8,17H,9,16H2,1H3. The molecule has 0 atom stereocenters. The van der Waals surface area contributed by atoms with Crippen LogP contribution in [0.5, 0.6) is 0 Å². The van der Waals surface area contributed by atoms with Crippen LogP contribution in [0.1, 0.15) is 11.1 Å². The summed E-state index contributed by atoms with van der Waals surface area (Å²) in [4.78, 5) is 0. The van der Waals surface area contributed by atoms with Gasteiger partial charge in [0.05, 0.1) is 10.7 Å². The van der Waals surface area contributed by atoms with Crippen molar-refractivity contribution in [1.29, 1.82) is 0 Å². The van der Waals surface area contributed by atoms with E-state index >= 15 is 0 Å². The molecule has 0 aromatic heterocycles. The van der Waals surface area contributed by atoms with Crippen LogP contribution in [-0.4, -0.2) is 0 Å². The van der Waals surface area contributed by atoms with Crippen LogP contribution < -0.4 is 11.1 Å². The van der Waals surface area contributed by atoms with Crippen LogP contribution in [0, 0.1) is 6.92 Å². The maximum atomic E-state index is 6.18. The first-order valence-electron chi connectivity index (χ1n) is 5.52. The summed E-state index contributed by atoms with van der Waals surface area (Å²) in [5.41, 5.74) is 9.84. The third-order valence-corrected chi connectivity index (χ3v) is 3.03. The molecule has 0 spiro atoms. The summed E-state index contributed by atoms with van der Waals surface area (Å²) >= 11 is 6.18. The number of anilines is 2. The number of hydrogen-bond donors (Lipinski definition) is 2. The fourth-order valence-corrected chi connectivity index (χ4v) is 2.01. The number of hydrogen-bond acceptors (Lipinski definition) is 2. The molecule has 3 N–H and O–H groups in total. The number of rotatable bonds is 3. The number of benzene rings is 2. The van der Waals surface area contributed by atoms with Gasteiger partial charge in [-0.2, -0.15) is 0 Å². The molecule has 88 valence electrons. The maximum Gasteiger partial charge on any atom is 0.0643 e. The molecule has 2 aromatic carbocycles. The third kappa shape index (κ3) is 2.60. The zero-order chi connectivity index (χ0) is 12.3. The lowest BCUT2D eigenvalue weighted by atomic mass is 10.1. The van der Waals surface area contributed by atoms with Crippen molar-refractivity contribution < 1.29 is 0 Å². The van der Waals surface area contributed by atoms with E-state index in [1.165, 1.54) is 0 Å². The molecular formula is C14H15ClN2. The second-order valence-corrected chi connectivity index (χ2v) is 4.33. The maximum absolute atomic E-state index is 6.18. The normalized spacial score (nSPS) is 10.3. The smallest absolute Gasteiger partial charge is 0.0643 e. The molecule has 0 bridgehead atoms. The lowest BCUT2D eigenvalue weighted by Gasteiger charge is -2.14. The number of aryl methyl sites for hydroxylation is 1. The molecule has 0 fully saturated rings. The molecule has 0 saturated carbocycles. The highest BCUT2D eigenvalue weighted by Gasteiger charge is 2.06. The van der Waals surface area contributed by atoms with Crippen LogP contribution in [0.25, 0.3) is 0 Å². The average Bonchev–Trinajstić information content (AvgIpc) is 2.34. The van der Waals surface area contributed by atoms with Gasteiger partial charge >= 0.3 is 0 Å². The number of para-hydroxylation sites is 2. The van der Waals surface area contributed by atoms with Gasteiger partial charge < -0.3 is 11.1 Å². The van der Waals surface area contributed by atoms with Crippen molar-refractivity contribution in [2.24, 2.45) is 5.73 Å². The summed E-state index contributed by atoms with van der Waals surface area (Å²) in [5, 5.41) is 4.07. The van der Waals surface area contributed by atoms with Crippen LogP contribution in [0.15, 0.2) is 42.5 Å². The molecule has 2 rings (SSSR count). The van der Waals surface area contributed by atoms with Gasteiger partial charge in [-0.3, -0.25) is 0 Å². The van der Waals surface area contributed by atoms with Crippen molar-refractivity contribution in [1.82, 2.24) is 0 Å². The molecule has 0 aliphatic rings. The minimum absolute atomic E-state index is 0.507. The Morgan fingerprint density at radius 3 is 2.59 bits per heavy atom. The van der Waals surface area contributed by atoms with Crippen LogP contribution >= 0.6 is 11.6 Å². The van der Waals surface area contributed by atoms with Crippen molar-refractivity contribution in [2.75, 3.05) is 5.32 Å². The molecule has 3 heteroatoms. The predicted molar refractivity (Wildman–Crippen MR) is 73.8 cm³/mol. The molecule has 2 aromatic rings. The summed E-state index contributed by atoms with van der Waals surface area (Å²) in [6, 6.07) is 13.8. The van der Waals surface area contributed by atoms with Crippen molar-refractivity contribution in [3.63, 3.8) is 0 Å². The first-order chi connectivity index (χ1) is 8.22. The minimum Gasteiger partial charge on any atom is -0.354 e. The average molecular weight is 247 g/mol. The molecule has 0 heterocycles. The summed E-state index contributed by atoms with van der Waals surface area (Å²) < 4.78 is 0. The molecule has 0 radical (unpaired) electrons. The Balaban J connectivity index is 2.38. The first-order valence-corrected chi connectivity index (χ1v) is 5.90. The van der Waals surface area contributed by atoms with Gasteiger partial charge in [0.25, 0.3) is 0 Å². The fourth-order valence-electron chi connectivity index (χ4n) is 1.75.